The number of ether oxygens (including phenoxy) is 1. The Labute approximate surface area is 136 Å². The second-order valence-corrected chi connectivity index (χ2v) is 6.48. The maximum atomic E-state index is 12.7. The number of hydrogen-bond acceptors (Lipinski definition) is 4. The summed E-state index contributed by atoms with van der Waals surface area (Å²) in [7, 11) is 1.70. The highest BCUT2D eigenvalue weighted by Crippen LogP contribution is 2.23. The molecule has 1 aliphatic heterocycles. The molecule has 1 aromatic carbocycles. The summed E-state index contributed by atoms with van der Waals surface area (Å²) in [5.41, 5.74) is 1.23. The molecule has 0 radical (unpaired) electrons. The molecule has 2 atom stereocenters. The minimum Gasteiger partial charge on any atom is -0.461 e. The molecule has 0 spiro atoms. The summed E-state index contributed by atoms with van der Waals surface area (Å²) in [5, 5.41) is 4.07. The summed E-state index contributed by atoms with van der Waals surface area (Å²) in [4.78, 5) is 15.0. The number of aryl methyl sites for hydroxylation is 1. The molecule has 2 heterocycles. The normalized spacial score (nSPS) is 22.1. The van der Waals surface area contributed by atoms with Crippen LogP contribution in [0.4, 0.5) is 0 Å². The zero-order valence-corrected chi connectivity index (χ0v) is 14.1. The quantitative estimate of drug-likeness (QED) is 0.942. The highest BCUT2D eigenvalue weighted by atomic mass is 16.5. The molecule has 23 heavy (non-hydrogen) atoms. The zero-order valence-electron chi connectivity index (χ0n) is 14.1. The Morgan fingerprint density at radius 3 is 2.87 bits per heavy atom. The predicted octanol–water partition coefficient (Wildman–Crippen LogP) is 2.58. The van der Waals surface area contributed by atoms with Crippen molar-refractivity contribution in [2.75, 3.05) is 20.2 Å². The number of amides is 1. The van der Waals surface area contributed by atoms with E-state index in [-0.39, 0.29) is 18.1 Å². The summed E-state index contributed by atoms with van der Waals surface area (Å²) >= 11 is 0. The molecular formula is C18H24N2O3. The third-order valence-electron chi connectivity index (χ3n) is 4.56. The number of carbonyl (C=O) groups excluding carboxylic acids is 1. The Balaban J connectivity index is 1.80. The summed E-state index contributed by atoms with van der Waals surface area (Å²) in [5.74, 6) is 0.699. The van der Waals surface area contributed by atoms with Gasteiger partial charge in [-0.15, -0.1) is 0 Å². The number of likely N-dealkylation sites (tertiary alicyclic amines) is 1. The Bertz CT molecular complexity index is 707. The van der Waals surface area contributed by atoms with Gasteiger partial charge in [0, 0.05) is 31.6 Å². The monoisotopic (exact) mass is 316 g/mol. The first-order chi connectivity index (χ1) is 11.0. The Kier molecular flexibility index (Phi) is 4.41. The lowest BCUT2D eigenvalue weighted by atomic mass is 10.1. The molecule has 0 aliphatic carbocycles. The fraction of sp³-hybridized carbons (Fsp3) is 0.500. The fourth-order valence-corrected chi connectivity index (χ4v) is 3.22. The molecule has 2 aromatic rings. The number of para-hydroxylation sites is 1. The standard InChI is InChI=1S/C18H24N2O3/c1-11(2)20-9-15(16(10-20)22-4)19-18(21)14-7-5-6-13-8-12(3)23-17(13)14/h5-8,11,15-16H,9-10H2,1-4H3,(H,19,21). The van der Waals surface area contributed by atoms with E-state index in [1.807, 2.05) is 25.1 Å². The maximum Gasteiger partial charge on any atom is 0.255 e. The lowest BCUT2D eigenvalue weighted by Gasteiger charge is -2.20. The van der Waals surface area contributed by atoms with Crippen LogP contribution in [-0.2, 0) is 4.74 Å². The van der Waals surface area contributed by atoms with Crippen molar-refractivity contribution in [2.45, 2.75) is 39.0 Å². The molecule has 1 aliphatic rings. The molecule has 124 valence electrons. The molecule has 3 rings (SSSR count). The third-order valence-corrected chi connectivity index (χ3v) is 4.56. The first-order valence-electron chi connectivity index (χ1n) is 8.06. The van der Waals surface area contributed by atoms with Crippen molar-refractivity contribution >= 4 is 16.9 Å². The maximum absolute atomic E-state index is 12.7. The molecule has 1 aromatic heterocycles. The number of nitrogens with zero attached hydrogens (tertiary/aromatic N) is 1. The van der Waals surface area contributed by atoms with Gasteiger partial charge in [-0.25, -0.2) is 0 Å². The Morgan fingerprint density at radius 2 is 2.17 bits per heavy atom. The van der Waals surface area contributed by atoms with Crippen molar-refractivity contribution in [2.24, 2.45) is 0 Å². The summed E-state index contributed by atoms with van der Waals surface area (Å²) < 4.78 is 11.2. The van der Waals surface area contributed by atoms with Gasteiger partial charge in [-0.05, 0) is 32.9 Å². The lowest BCUT2D eigenvalue weighted by molar-refractivity contribution is 0.0753. The number of hydrogen-bond donors (Lipinski definition) is 1. The van der Waals surface area contributed by atoms with Crippen molar-refractivity contribution in [3.05, 3.63) is 35.6 Å². The number of nitrogens with one attached hydrogen (secondary N) is 1. The molecule has 2 unspecified atom stereocenters. The number of furan rings is 1. The van der Waals surface area contributed by atoms with E-state index in [9.17, 15) is 4.79 Å². The van der Waals surface area contributed by atoms with E-state index in [1.54, 1.807) is 13.2 Å². The van der Waals surface area contributed by atoms with Crippen LogP contribution in [0.3, 0.4) is 0 Å². The van der Waals surface area contributed by atoms with Crippen LogP contribution in [-0.4, -0.2) is 49.2 Å². The topological polar surface area (TPSA) is 54.7 Å². The van der Waals surface area contributed by atoms with Crippen LogP contribution in [0.5, 0.6) is 0 Å². The van der Waals surface area contributed by atoms with Gasteiger partial charge in [0.1, 0.15) is 11.3 Å². The number of methoxy groups -OCH3 is 1. The molecule has 5 nitrogen and oxygen atoms in total. The van der Waals surface area contributed by atoms with Gasteiger partial charge in [-0.3, -0.25) is 9.69 Å². The van der Waals surface area contributed by atoms with Crippen molar-refractivity contribution in [3.63, 3.8) is 0 Å². The van der Waals surface area contributed by atoms with Crippen molar-refractivity contribution in [1.29, 1.82) is 0 Å². The molecular weight excluding hydrogens is 292 g/mol. The van der Waals surface area contributed by atoms with Crippen LogP contribution >= 0.6 is 0 Å². The molecule has 0 bridgehead atoms. The van der Waals surface area contributed by atoms with Gasteiger partial charge >= 0.3 is 0 Å². The van der Waals surface area contributed by atoms with E-state index >= 15 is 0 Å². The lowest BCUT2D eigenvalue weighted by Crippen LogP contribution is -2.43. The van der Waals surface area contributed by atoms with E-state index in [4.69, 9.17) is 9.15 Å². The second-order valence-electron chi connectivity index (χ2n) is 6.48. The number of benzene rings is 1. The fourth-order valence-electron chi connectivity index (χ4n) is 3.22. The van der Waals surface area contributed by atoms with E-state index in [0.29, 0.717) is 17.2 Å². The van der Waals surface area contributed by atoms with E-state index in [2.05, 4.69) is 24.1 Å². The van der Waals surface area contributed by atoms with Crippen molar-refractivity contribution < 1.29 is 13.9 Å². The van der Waals surface area contributed by atoms with Crippen LogP contribution in [0.2, 0.25) is 0 Å². The molecule has 0 saturated carbocycles. The first-order valence-corrected chi connectivity index (χ1v) is 8.06. The largest absolute Gasteiger partial charge is 0.461 e. The Morgan fingerprint density at radius 1 is 1.39 bits per heavy atom. The smallest absolute Gasteiger partial charge is 0.255 e. The van der Waals surface area contributed by atoms with Gasteiger partial charge in [-0.1, -0.05) is 12.1 Å². The van der Waals surface area contributed by atoms with E-state index in [1.165, 1.54) is 0 Å². The SMILES string of the molecule is COC1CN(C(C)C)CC1NC(=O)c1cccc2cc(C)oc12. The number of rotatable bonds is 4. The summed E-state index contributed by atoms with van der Waals surface area (Å²) in [6.07, 6.45) is 0.0129. The summed E-state index contributed by atoms with van der Waals surface area (Å²) in [6.45, 7) is 7.84. The number of fused-ring (bicyclic) bond motifs is 1. The highest BCUT2D eigenvalue weighted by molar-refractivity contribution is 6.05. The van der Waals surface area contributed by atoms with Crippen LogP contribution in [0.1, 0.15) is 30.0 Å². The second kappa shape index (κ2) is 6.34. The molecule has 5 heteroatoms. The van der Waals surface area contributed by atoms with E-state index in [0.717, 1.165) is 24.2 Å². The Hall–Kier alpha value is -1.85. The van der Waals surface area contributed by atoms with Crippen molar-refractivity contribution in [1.82, 2.24) is 10.2 Å². The van der Waals surface area contributed by atoms with Gasteiger partial charge in [0.2, 0.25) is 0 Å². The molecule has 1 amide bonds. The zero-order chi connectivity index (χ0) is 16.6. The van der Waals surface area contributed by atoms with Gasteiger partial charge in [-0.2, -0.15) is 0 Å². The van der Waals surface area contributed by atoms with Gasteiger partial charge in [0.05, 0.1) is 17.7 Å². The van der Waals surface area contributed by atoms with Crippen molar-refractivity contribution in [3.8, 4) is 0 Å². The average Bonchev–Trinajstić information content (AvgIpc) is 3.08. The van der Waals surface area contributed by atoms with E-state index < -0.39 is 0 Å². The minimum atomic E-state index is -0.109. The van der Waals surface area contributed by atoms with Gasteiger partial charge < -0.3 is 14.5 Å². The highest BCUT2D eigenvalue weighted by Gasteiger charge is 2.35. The van der Waals surface area contributed by atoms with Crippen LogP contribution < -0.4 is 5.32 Å². The third kappa shape index (κ3) is 3.12. The molecule has 1 saturated heterocycles. The average molecular weight is 316 g/mol. The predicted molar refractivity (Wildman–Crippen MR) is 89.7 cm³/mol. The summed E-state index contributed by atoms with van der Waals surface area (Å²) in [6, 6.07) is 8.01. The minimum absolute atomic E-state index is 0.0128. The first kappa shape index (κ1) is 16.0. The molecule has 1 N–H and O–H groups in total. The van der Waals surface area contributed by atoms with Crippen LogP contribution in [0.25, 0.3) is 11.0 Å². The van der Waals surface area contributed by atoms with Gasteiger partial charge in [0.25, 0.3) is 5.91 Å². The molecule has 1 fully saturated rings. The van der Waals surface area contributed by atoms with Crippen LogP contribution in [0.15, 0.2) is 28.7 Å². The van der Waals surface area contributed by atoms with Gasteiger partial charge in [0.15, 0.2) is 0 Å². The van der Waals surface area contributed by atoms with Crippen LogP contribution in [0, 0.1) is 6.92 Å². The number of carbonyl (C=O) groups is 1.